The summed E-state index contributed by atoms with van der Waals surface area (Å²) in [5, 5.41) is 8.59. The van der Waals surface area contributed by atoms with Crippen molar-refractivity contribution in [3.63, 3.8) is 0 Å². The first-order chi connectivity index (χ1) is 6.57. The molecule has 0 fully saturated rings. The smallest absolute Gasteiger partial charge is 0.261 e. The van der Waals surface area contributed by atoms with Crippen molar-refractivity contribution in [3.05, 3.63) is 34.9 Å². The minimum absolute atomic E-state index is 0.112. The molecule has 1 unspecified atom stereocenters. The molecule has 1 aromatic rings. The molecule has 0 aromatic heterocycles. The highest BCUT2D eigenvalue weighted by atomic mass is 19.1. The lowest BCUT2D eigenvalue weighted by Crippen LogP contribution is -2.27. The van der Waals surface area contributed by atoms with Crippen LogP contribution in [0.3, 0.4) is 0 Å². The van der Waals surface area contributed by atoms with Crippen LogP contribution in [0.5, 0.6) is 0 Å². The molecule has 0 radical (unpaired) electrons. The van der Waals surface area contributed by atoms with E-state index in [1.54, 1.807) is 18.2 Å². The van der Waals surface area contributed by atoms with Crippen LogP contribution in [0.15, 0.2) is 18.2 Å². The Morgan fingerprint density at radius 3 is 2.93 bits per heavy atom. The number of carbonyl (C=O) groups excluding carboxylic acids is 1. The van der Waals surface area contributed by atoms with E-state index in [1.807, 2.05) is 6.92 Å². The van der Waals surface area contributed by atoms with Crippen molar-refractivity contribution in [1.29, 1.82) is 5.26 Å². The van der Waals surface area contributed by atoms with E-state index >= 15 is 0 Å². The first-order valence-corrected chi connectivity index (χ1v) is 4.31. The van der Waals surface area contributed by atoms with Gasteiger partial charge < -0.3 is 0 Å². The number of fused-ring (bicyclic) bond motifs is 1. The number of benzene rings is 1. The van der Waals surface area contributed by atoms with Crippen LogP contribution in [0, 0.1) is 18.3 Å². The van der Waals surface area contributed by atoms with Crippen molar-refractivity contribution in [2.24, 2.45) is 0 Å². The summed E-state index contributed by atoms with van der Waals surface area (Å²) in [6.07, 6.45) is -0.112. The largest absolute Gasteiger partial charge is 0.289 e. The highest BCUT2D eigenvalue weighted by Gasteiger charge is 2.46. The number of halogens is 1. The molecule has 0 spiro atoms. The van der Waals surface area contributed by atoms with Gasteiger partial charge in [-0.05, 0) is 12.5 Å². The Morgan fingerprint density at radius 1 is 1.57 bits per heavy atom. The molecular formula is C11H8FNO. The molecule has 1 aliphatic carbocycles. The molecule has 2 nitrogen and oxygen atoms in total. The van der Waals surface area contributed by atoms with E-state index in [-0.39, 0.29) is 6.42 Å². The molecule has 1 aromatic carbocycles. The molecule has 0 bridgehead atoms. The van der Waals surface area contributed by atoms with Gasteiger partial charge in [-0.3, -0.25) is 4.79 Å². The number of ketones is 1. The predicted molar refractivity (Wildman–Crippen MR) is 48.7 cm³/mol. The molecule has 0 saturated heterocycles. The summed E-state index contributed by atoms with van der Waals surface area (Å²) in [6, 6.07) is 6.53. The first-order valence-electron chi connectivity index (χ1n) is 4.31. The van der Waals surface area contributed by atoms with Crippen molar-refractivity contribution >= 4 is 5.78 Å². The fourth-order valence-electron chi connectivity index (χ4n) is 1.74. The Kier molecular flexibility index (Phi) is 1.68. The van der Waals surface area contributed by atoms with E-state index < -0.39 is 11.5 Å². The van der Waals surface area contributed by atoms with Crippen LogP contribution < -0.4 is 0 Å². The van der Waals surface area contributed by atoms with Crippen LogP contribution in [0.25, 0.3) is 0 Å². The maximum atomic E-state index is 13.6. The summed E-state index contributed by atoms with van der Waals surface area (Å²) in [5.74, 6) is -0.699. The van der Waals surface area contributed by atoms with E-state index in [0.717, 1.165) is 5.56 Å². The van der Waals surface area contributed by atoms with Crippen molar-refractivity contribution in [2.45, 2.75) is 19.0 Å². The highest BCUT2D eigenvalue weighted by Crippen LogP contribution is 2.33. The van der Waals surface area contributed by atoms with E-state index in [2.05, 4.69) is 0 Å². The number of Topliss-reactive ketones (excluding diaryl/α,β-unsaturated/α-hetero) is 1. The molecule has 0 N–H and O–H groups in total. The van der Waals surface area contributed by atoms with Gasteiger partial charge in [0, 0.05) is 12.0 Å². The lowest BCUT2D eigenvalue weighted by Gasteiger charge is -2.04. The zero-order chi connectivity index (χ0) is 10.3. The Hall–Kier alpha value is -1.69. The van der Waals surface area contributed by atoms with E-state index in [9.17, 15) is 9.18 Å². The summed E-state index contributed by atoms with van der Waals surface area (Å²) in [4.78, 5) is 11.5. The van der Waals surface area contributed by atoms with Crippen molar-refractivity contribution in [2.75, 3.05) is 0 Å². The van der Waals surface area contributed by atoms with Crippen LogP contribution in [-0.2, 0) is 6.42 Å². The van der Waals surface area contributed by atoms with Crippen LogP contribution in [-0.4, -0.2) is 11.5 Å². The number of aryl methyl sites for hydroxylation is 1. The van der Waals surface area contributed by atoms with E-state index in [0.29, 0.717) is 11.1 Å². The number of rotatable bonds is 0. The molecule has 2 rings (SSSR count). The average molecular weight is 189 g/mol. The third-order valence-electron chi connectivity index (χ3n) is 2.48. The number of alkyl halides is 1. The fraction of sp³-hybridized carbons (Fsp3) is 0.273. The molecule has 1 atom stereocenters. The molecule has 14 heavy (non-hydrogen) atoms. The van der Waals surface area contributed by atoms with Crippen LogP contribution in [0.1, 0.15) is 21.5 Å². The van der Waals surface area contributed by atoms with Gasteiger partial charge in [0.15, 0.2) is 0 Å². The fourth-order valence-corrected chi connectivity index (χ4v) is 1.74. The number of hydrogen-bond acceptors (Lipinski definition) is 2. The molecular weight excluding hydrogens is 181 g/mol. The highest BCUT2D eigenvalue weighted by molar-refractivity contribution is 6.08. The summed E-state index contributed by atoms with van der Waals surface area (Å²) in [6.45, 7) is 1.87. The Bertz CT molecular complexity index is 461. The van der Waals surface area contributed by atoms with Gasteiger partial charge in [0.1, 0.15) is 6.07 Å². The van der Waals surface area contributed by atoms with Gasteiger partial charge in [0.2, 0.25) is 5.78 Å². The molecule has 0 saturated carbocycles. The van der Waals surface area contributed by atoms with E-state index in [1.165, 1.54) is 6.07 Å². The van der Waals surface area contributed by atoms with Crippen LogP contribution >= 0.6 is 0 Å². The van der Waals surface area contributed by atoms with Gasteiger partial charge in [0.25, 0.3) is 5.67 Å². The van der Waals surface area contributed by atoms with Crippen molar-refractivity contribution in [1.82, 2.24) is 0 Å². The lowest BCUT2D eigenvalue weighted by atomic mass is 10.0. The lowest BCUT2D eigenvalue weighted by molar-refractivity contribution is 0.0820. The normalized spacial score (nSPS) is 24.5. The summed E-state index contributed by atoms with van der Waals surface area (Å²) in [5.41, 5.74) is -0.381. The Balaban J connectivity index is 2.57. The number of nitrogens with zero attached hydrogens (tertiary/aromatic N) is 1. The van der Waals surface area contributed by atoms with Crippen LogP contribution in [0.4, 0.5) is 4.39 Å². The molecule has 1 aliphatic rings. The minimum atomic E-state index is -2.34. The van der Waals surface area contributed by atoms with Gasteiger partial charge in [-0.2, -0.15) is 5.26 Å². The first kappa shape index (κ1) is 8.89. The van der Waals surface area contributed by atoms with Gasteiger partial charge in [-0.25, -0.2) is 4.39 Å². The van der Waals surface area contributed by atoms with Crippen LogP contribution in [0.2, 0.25) is 0 Å². The predicted octanol–water partition coefficient (Wildman–Crippen LogP) is 1.97. The van der Waals surface area contributed by atoms with Crippen molar-refractivity contribution in [3.8, 4) is 6.07 Å². The monoisotopic (exact) mass is 189 g/mol. The second-order valence-electron chi connectivity index (χ2n) is 3.58. The zero-order valence-electron chi connectivity index (χ0n) is 7.67. The maximum absolute atomic E-state index is 13.6. The average Bonchev–Trinajstić information content (AvgIpc) is 2.40. The summed E-state index contributed by atoms with van der Waals surface area (Å²) in [7, 11) is 0. The second kappa shape index (κ2) is 2.65. The summed E-state index contributed by atoms with van der Waals surface area (Å²) < 4.78 is 13.6. The molecule has 70 valence electrons. The topological polar surface area (TPSA) is 40.9 Å². The third kappa shape index (κ3) is 1.04. The minimum Gasteiger partial charge on any atom is -0.289 e. The zero-order valence-corrected chi connectivity index (χ0v) is 7.67. The Labute approximate surface area is 81.0 Å². The van der Waals surface area contributed by atoms with Gasteiger partial charge >= 0.3 is 0 Å². The molecule has 0 heterocycles. The van der Waals surface area contributed by atoms with Gasteiger partial charge in [-0.1, -0.05) is 23.8 Å². The van der Waals surface area contributed by atoms with Crippen molar-refractivity contribution < 1.29 is 9.18 Å². The maximum Gasteiger partial charge on any atom is 0.261 e. The quantitative estimate of drug-likeness (QED) is 0.626. The molecule has 3 heteroatoms. The number of nitriles is 1. The SMILES string of the molecule is Cc1ccc2c(c1)CC(F)(C#N)C2=O. The second-order valence-corrected chi connectivity index (χ2v) is 3.58. The number of carbonyl (C=O) groups is 1. The van der Waals surface area contributed by atoms with E-state index in [4.69, 9.17) is 5.26 Å². The summed E-state index contributed by atoms with van der Waals surface area (Å²) >= 11 is 0. The van der Waals surface area contributed by atoms with Gasteiger partial charge in [-0.15, -0.1) is 0 Å². The molecule has 0 aliphatic heterocycles. The standard InChI is InChI=1S/C11H8FNO/c1-7-2-3-9-8(4-7)5-11(12,6-13)10(9)14/h2-4H,5H2,1H3. The molecule has 0 amide bonds. The number of hydrogen-bond donors (Lipinski definition) is 0. The Morgan fingerprint density at radius 2 is 2.29 bits per heavy atom. The van der Waals surface area contributed by atoms with Gasteiger partial charge in [0.05, 0.1) is 0 Å². The third-order valence-corrected chi connectivity index (χ3v) is 2.48.